The molecule has 4 nitrogen and oxygen atoms in total. The average Bonchev–Trinajstić information content (AvgIpc) is 2.71. The summed E-state index contributed by atoms with van der Waals surface area (Å²) in [6, 6.07) is 2.07. The molecule has 0 bridgehead atoms. The molecule has 0 fully saturated rings. The molecule has 2 aromatic heterocycles. The summed E-state index contributed by atoms with van der Waals surface area (Å²) in [5.41, 5.74) is 2.78. The van der Waals surface area contributed by atoms with E-state index >= 15 is 0 Å². The molecule has 0 aliphatic carbocycles. The van der Waals surface area contributed by atoms with Crippen molar-refractivity contribution in [3.05, 3.63) is 22.1 Å². The standard InChI is InChI=1S/C7H8N4S2/c1-5-2-6(13-11-5)3-8-7-10-9-4-12-7/h2,4H,3H2,1H3,(H,8,10). The monoisotopic (exact) mass is 212 g/mol. The number of aryl methyl sites for hydroxylation is 1. The van der Waals surface area contributed by atoms with Gasteiger partial charge in [-0.25, -0.2) is 0 Å². The van der Waals surface area contributed by atoms with E-state index in [1.165, 1.54) is 27.7 Å². The first-order valence-electron chi connectivity index (χ1n) is 3.77. The molecule has 6 heteroatoms. The predicted octanol–water partition coefficient (Wildman–Crippen LogP) is 1.92. The molecular weight excluding hydrogens is 204 g/mol. The van der Waals surface area contributed by atoms with Crippen LogP contribution in [0.2, 0.25) is 0 Å². The fourth-order valence-electron chi connectivity index (χ4n) is 0.912. The molecule has 0 saturated heterocycles. The number of rotatable bonds is 3. The molecule has 1 N–H and O–H groups in total. The highest BCUT2D eigenvalue weighted by molar-refractivity contribution is 7.13. The highest BCUT2D eigenvalue weighted by Gasteiger charge is 1.99. The van der Waals surface area contributed by atoms with E-state index in [0.29, 0.717) is 0 Å². The molecular formula is C7H8N4S2. The summed E-state index contributed by atoms with van der Waals surface area (Å²) in [4.78, 5) is 1.22. The first-order chi connectivity index (χ1) is 6.34. The van der Waals surface area contributed by atoms with Gasteiger partial charge >= 0.3 is 0 Å². The largest absolute Gasteiger partial charge is 0.355 e. The third-order valence-electron chi connectivity index (χ3n) is 1.45. The van der Waals surface area contributed by atoms with E-state index in [9.17, 15) is 0 Å². The topological polar surface area (TPSA) is 50.7 Å². The highest BCUT2D eigenvalue weighted by atomic mass is 32.1. The van der Waals surface area contributed by atoms with Gasteiger partial charge in [0.15, 0.2) is 0 Å². The van der Waals surface area contributed by atoms with Crippen molar-refractivity contribution in [3.63, 3.8) is 0 Å². The molecule has 68 valence electrons. The van der Waals surface area contributed by atoms with Crippen LogP contribution < -0.4 is 5.32 Å². The second-order valence-corrected chi connectivity index (χ2v) is 4.25. The van der Waals surface area contributed by atoms with Gasteiger partial charge in [-0.15, -0.1) is 10.2 Å². The summed E-state index contributed by atoms with van der Waals surface area (Å²) in [6.07, 6.45) is 0. The molecule has 2 rings (SSSR count). The summed E-state index contributed by atoms with van der Waals surface area (Å²) in [7, 11) is 0. The number of hydrogen-bond acceptors (Lipinski definition) is 6. The lowest BCUT2D eigenvalue weighted by Crippen LogP contribution is -1.96. The van der Waals surface area contributed by atoms with E-state index in [-0.39, 0.29) is 0 Å². The van der Waals surface area contributed by atoms with Crippen molar-refractivity contribution in [2.24, 2.45) is 0 Å². The van der Waals surface area contributed by atoms with Gasteiger partial charge < -0.3 is 5.32 Å². The zero-order chi connectivity index (χ0) is 9.10. The zero-order valence-corrected chi connectivity index (χ0v) is 8.65. The summed E-state index contributed by atoms with van der Waals surface area (Å²) in [5, 5.41) is 11.6. The molecule has 0 saturated carbocycles. The van der Waals surface area contributed by atoms with Crippen LogP contribution in [0.5, 0.6) is 0 Å². The Morgan fingerprint density at radius 3 is 3.08 bits per heavy atom. The molecule has 0 amide bonds. The third kappa shape index (κ3) is 2.22. The van der Waals surface area contributed by atoms with E-state index in [4.69, 9.17) is 0 Å². The minimum atomic E-state index is 0.778. The summed E-state index contributed by atoms with van der Waals surface area (Å²) >= 11 is 3.02. The van der Waals surface area contributed by atoms with Gasteiger partial charge in [-0.3, -0.25) is 0 Å². The maximum Gasteiger partial charge on any atom is 0.205 e. The number of anilines is 1. The molecule has 13 heavy (non-hydrogen) atoms. The van der Waals surface area contributed by atoms with Gasteiger partial charge in [0.05, 0.1) is 12.2 Å². The normalized spacial score (nSPS) is 10.2. The zero-order valence-electron chi connectivity index (χ0n) is 7.02. The first kappa shape index (κ1) is 8.58. The summed E-state index contributed by atoms with van der Waals surface area (Å²) < 4.78 is 4.19. The van der Waals surface area contributed by atoms with Gasteiger partial charge in [-0.1, -0.05) is 11.3 Å². The Morgan fingerprint density at radius 1 is 1.54 bits per heavy atom. The lowest BCUT2D eigenvalue weighted by Gasteiger charge is -1.96. The Morgan fingerprint density at radius 2 is 2.46 bits per heavy atom. The van der Waals surface area contributed by atoms with Crippen LogP contribution in [0.15, 0.2) is 11.6 Å². The Kier molecular flexibility index (Phi) is 2.51. The molecule has 0 spiro atoms. The Balaban J connectivity index is 1.93. The summed E-state index contributed by atoms with van der Waals surface area (Å²) in [5.74, 6) is 0. The van der Waals surface area contributed by atoms with Gasteiger partial charge in [0.25, 0.3) is 0 Å². The quantitative estimate of drug-likeness (QED) is 0.844. The van der Waals surface area contributed by atoms with Crippen LogP contribution in [0.3, 0.4) is 0 Å². The second kappa shape index (κ2) is 3.80. The Labute approximate surface area is 83.8 Å². The van der Waals surface area contributed by atoms with Crippen molar-refractivity contribution < 1.29 is 0 Å². The molecule has 2 heterocycles. The number of nitrogens with zero attached hydrogens (tertiary/aromatic N) is 3. The van der Waals surface area contributed by atoms with Crippen molar-refractivity contribution in [2.75, 3.05) is 5.32 Å². The maximum atomic E-state index is 4.19. The average molecular weight is 212 g/mol. The lowest BCUT2D eigenvalue weighted by atomic mass is 10.4. The number of hydrogen-bond donors (Lipinski definition) is 1. The second-order valence-electron chi connectivity index (χ2n) is 2.53. The van der Waals surface area contributed by atoms with E-state index in [2.05, 4.69) is 26.0 Å². The number of aromatic nitrogens is 3. The van der Waals surface area contributed by atoms with Crippen molar-refractivity contribution in [3.8, 4) is 0 Å². The van der Waals surface area contributed by atoms with E-state index in [1.807, 2.05) is 6.92 Å². The van der Waals surface area contributed by atoms with Crippen molar-refractivity contribution >= 4 is 28.0 Å². The molecule has 2 aromatic rings. The van der Waals surface area contributed by atoms with E-state index in [0.717, 1.165) is 17.4 Å². The van der Waals surface area contributed by atoms with Crippen LogP contribution in [-0.2, 0) is 6.54 Å². The van der Waals surface area contributed by atoms with Crippen LogP contribution in [0.25, 0.3) is 0 Å². The third-order valence-corrected chi connectivity index (χ3v) is 2.98. The van der Waals surface area contributed by atoms with Crippen LogP contribution in [0.4, 0.5) is 5.13 Å². The van der Waals surface area contributed by atoms with E-state index in [1.54, 1.807) is 5.51 Å². The SMILES string of the molecule is Cc1cc(CNc2nncs2)sn1. The van der Waals surface area contributed by atoms with Crippen LogP contribution in [0, 0.1) is 6.92 Å². The minimum Gasteiger partial charge on any atom is -0.355 e. The van der Waals surface area contributed by atoms with Crippen LogP contribution in [-0.4, -0.2) is 14.6 Å². The number of nitrogens with one attached hydrogen (secondary N) is 1. The molecule has 0 atom stereocenters. The predicted molar refractivity (Wildman–Crippen MR) is 54.1 cm³/mol. The van der Waals surface area contributed by atoms with Crippen LogP contribution >= 0.6 is 22.9 Å². The fourth-order valence-corrected chi connectivity index (χ4v) is 2.03. The fraction of sp³-hybridized carbons (Fsp3) is 0.286. The first-order valence-corrected chi connectivity index (χ1v) is 5.42. The molecule has 0 radical (unpaired) electrons. The van der Waals surface area contributed by atoms with Crippen molar-refractivity contribution in [2.45, 2.75) is 13.5 Å². The molecule has 0 aliphatic rings. The van der Waals surface area contributed by atoms with E-state index < -0.39 is 0 Å². The van der Waals surface area contributed by atoms with Gasteiger partial charge in [0.1, 0.15) is 5.51 Å². The Hall–Kier alpha value is -1.01. The van der Waals surface area contributed by atoms with Crippen LogP contribution in [0.1, 0.15) is 10.6 Å². The Bertz CT molecular complexity index is 368. The van der Waals surface area contributed by atoms with Gasteiger partial charge in [0, 0.05) is 4.88 Å². The molecule has 0 aromatic carbocycles. The lowest BCUT2D eigenvalue weighted by molar-refractivity contribution is 1.06. The molecule has 0 unspecified atom stereocenters. The summed E-state index contributed by atoms with van der Waals surface area (Å²) in [6.45, 7) is 2.77. The minimum absolute atomic E-state index is 0.778. The highest BCUT2D eigenvalue weighted by Crippen LogP contribution is 2.13. The maximum absolute atomic E-state index is 4.19. The van der Waals surface area contributed by atoms with Gasteiger partial charge in [0.2, 0.25) is 5.13 Å². The van der Waals surface area contributed by atoms with Crippen molar-refractivity contribution in [1.82, 2.24) is 14.6 Å². The smallest absolute Gasteiger partial charge is 0.205 e. The van der Waals surface area contributed by atoms with Crippen molar-refractivity contribution in [1.29, 1.82) is 0 Å². The van der Waals surface area contributed by atoms with Gasteiger partial charge in [-0.05, 0) is 24.5 Å². The molecule has 0 aliphatic heterocycles. The van der Waals surface area contributed by atoms with Gasteiger partial charge in [-0.2, -0.15) is 4.37 Å².